The highest BCUT2D eigenvalue weighted by Gasteiger charge is 2.25. The second-order valence-corrected chi connectivity index (χ2v) is 7.08. The normalized spacial score (nSPS) is 11.2. The molecule has 0 aliphatic heterocycles. The van der Waals surface area contributed by atoms with Gasteiger partial charge >= 0.3 is 0 Å². The number of carbonyl (C=O) groups is 2. The molecule has 3 aromatic carbocycles. The van der Waals surface area contributed by atoms with Crippen LogP contribution < -0.4 is 5.32 Å². The standard InChI is InChI=1S/C25H23N3O2/c1-28(18-21-14-12-20(17-26)13-15-21)25(30)23(16-19-8-4-2-5-9-19)27-24(29)22-10-6-3-7-11-22/h2-15,23H,16,18H2,1H3,(H,27,29). The van der Waals surface area contributed by atoms with Crippen LogP contribution in [0.1, 0.15) is 27.0 Å². The van der Waals surface area contributed by atoms with E-state index in [1.54, 1.807) is 48.3 Å². The Morgan fingerprint density at radius 1 is 0.900 bits per heavy atom. The summed E-state index contributed by atoms with van der Waals surface area (Å²) in [5, 5.41) is 11.8. The van der Waals surface area contributed by atoms with Crippen LogP contribution in [0.15, 0.2) is 84.9 Å². The van der Waals surface area contributed by atoms with E-state index in [1.807, 2.05) is 48.5 Å². The fraction of sp³-hybridized carbons (Fsp3) is 0.160. The van der Waals surface area contributed by atoms with E-state index >= 15 is 0 Å². The van der Waals surface area contributed by atoms with Gasteiger partial charge in [0.05, 0.1) is 11.6 Å². The fourth-order valence-corrected chi connectivity index (χ4v) is 3.18. The Balaban J connectivity index is 1.76. The van der Waals surface area contributed by atoms with Gasteiger partial charge in [0.25, 0.3) is 5.91 Å². The molecule has 2 amide bonds. The number of nitrogens with zero attached hydrogens (tertiary/aromatic N) is 2. The van der Waals surface area contributed by atoms with Gasteiger partial charge in [-0.1, -0.05) is 60.7 Å². The first-order valence-electron chi connectivity index (χ1n) is 9.70. The van der Waals surface area contributed by atoms with E-state index < -0.39 is 6.04 Å². The Bertz CT molecular complexity index is 1030. The first-order valence-corrected chi connectivity index (χ1v) is 9.70. The van der Waals surface area contributed by atoms with E-state index in [9.17, 15) is 9.59 Å². The average Bonchev–Trinajstić information content (AvgIpc) is 2.79. The van der Waals surface area contributed by atoms with Gasteiger partial charge in [-0.05, 0) is 35.4 Å². The molecule has 5 heteroatoms. The number of hydrogen-bond acceptors (Lipinski definition) is 3. The molecule has 3 aromatic rings. The van der Waals surface area contributed by atoms with E-state index in [0.717, 1.165) is 11.1 Å². The molecule has 0 saturated carbocycles. The highest BCUT2D eigenvalue weighted by Crippen LogP contribution is 2.11. The lowest BCUT2D eigenvalue weighted by Crippen LogP contribution is -2.48. The van der Waals surface area contributed by atoms with Crippen LogP contribution in [0, 0.1) is 11.3 Å². The minimum absolute atomic E-state index is 0.174. The lowest BCUT2D eigenvalue weighted by molar-refractivity contribution is -0.132. The maximum absolute atomic E-state index is 13.2. The largest absolute Gasteiger partial charge is 0.340 e. The van der Waals surface area contributed by atoms with Gasteiger partial charge in [0.1, 0.15) is 6.04 Å². The molecular weight excluding hydrogens is 374 g/mol. The molecule has 1 unspecified atom stereocenters. The SMILES string of the molecule is CN(Cc1ccc(C#N)cc1)C(=O)C(Cc1ccccc1)NC(=O)c1ccccc1. The molecule has 0 heterocycles. The van der Waals surface area contributed by atoms with E-state index in [1.165, 1.54) is 0 Å². The Labute approximate surface area is 176 Å². The van der Waals surface area contributed by atoms with Crippen LogP contribution >= 0.6 is 0 Å². The predicted octanol–water partition coefficient (Wildman–Crippen LogP) is 3.56. The maximum Gasteiger partial charge on any atom is 0.251 e. The third kappa shape index (κ3) is 5.55. The summed E-state index contributed by atoms with van der Waals surface area (Å²) in [6, 6.07) is 27.0. The number of likely N-dealkylation sites (N-methyl/N-ethyl adjacent to an activating group) is 1. The summed E-state index contributed by atoms with van der Waals surface area (Å²) in [7, 11) is 1.72. The van der Waals surface area contributed by atoms with Crippen molar-refractivity contribution in [1.29, 1.82) is 5.26 Å². The van der Waals surface area contributed by atoms with Crippen molar-refractivity contribution in [2.75, 3.05) is 7.05 Å². The smallest absolute Gasteiger partial charge is 0.251 e. The van der Waals surface area contributed by atoms with Crippen LogP contribution in [0.4, 0.5) is 0 Å². The third-order valence-electron chi connectivity index (χ3n) is 4.80. The summed E-state index contributed by atoms with van der Waals surface area (Å²) in [4.78, 5) is 27.5. The number of amides is 2. The highest BCUT2D eigenvalue weighted by molar-refractivity contribution is 5.97. The Hall–Kier alpha value is -3.91. The molecule has 150 valence electrons. The minimum Gasteiger partial charge on any atom is -0.340 e. The van der Waals surface area contributed by atoms with Gasteiger partial charge in [-0.2, -0.15) is 5.26 Å². The molecule has 0 bridgehead atoms. The van der Waals surface area contributed by atoms with Gasteiger partial charge in [-0.3, -0.25) is 9.59 Å². The molecule has 1 N–H and O–H groups in total. The van der Waals surface area contributed by atoms with Crippen LogP contribution in [0.25, 0.3) is 0 Å². The van der Waals surface area contributed by atoms with Crippen LogP contribution in [0.5, 0.6) is 0 Å². The van der Waals surface area contributed by atoms with Crippen molar-refractivity contribution in [2.45, 2.75) is 19.0 Å². The van der Waals surface area contributed by atoms with E-state index in [0.29, 0.717) is 24.1 Å². The molecule has 0 aliphatic rings. The van der Waals surface area contributed by atoms with Crippen LogP contribution in [0.2, 0.25) is 0 Å². The van der Waals surface area contributed by atoms with Gasteiger partial charge in [-0.25, -0.2) is 0 Å². The van der Waals surface area contributed by atoms with Crippen molar-refractivity contribution in [1.82, 2.24) is 10.2 Å². The molecule has 3 rings (SSSR count). The van der Waals surface area contributed by atoms with E-state index in [4.69, 9.17) is 5.26 Å². The topological polar surface area (TPSA) is 73.2 Å². The number of carbonyl (C=O) groups excluding carboxylic acids is 2. The molecule has 1 atom stereocenters. The Morgan fingerprint density at radius 3 is 2.10 bits per heavy atom. The van der Waals surface area contributed by atoms with Crippen LogP contribution in [-0.4, -0.2) is 29.8 Å². The highest BCUT2D eigenvalue weighted by atomic mass is 16.2. The molecule has 0 fully saturated rings. The monoisotopic (exact) mass is 397 g/mol. The van der Waals surface area contributed by atoms with Crippen molar-refractivity contribution >= 4 is 11.8 Å². The van der Waals surface area contributed by atoms with Crippen LogP contribution in [-0.2, 0) is 17.8 Å². The molecule has 30 heavy (non-hydrogen) atoms. The van der Waals surface area contributed by atoms with Crippen molar-refractivity contribution in [2.24, 2.45) is 0 Å². The molecule has 0 radical (unpaired) electrons. The van der Waals surface area contributed by atoms with E-state index in [-0.39, 0.29) is 11.8 Å². The van der Waals surface area contributed by atoms with Crippen molar-refractivity contribution in [3.8, 4) is 6.07 Å². The third-order valence-corrected chi connectivity index (χ3v) is 4.80. The summed E-state index contributed by atoms with van der Waals surface area (Å²) in [6.45, 7) is 0.386. The lowest BCUT2D eigenvalue weighted by atomic mass is 10.0. The molecule has 0 aromatic heterocycles. The van der Waals surface area contributed by atoms with E-state index in [2.05, 4.69) is 11.4 Å². The quantitative estimate of drug-likeness (QED) is 0.663. The van der Waals surface area contributed by atoms with Crippen molar-refractivity contribution < 1.29 is 9.59 Å². The average molecular weight is 397 g/mol. The summed E-state index contributed by atoms with van der Waals surface area (Å²) < 4.78 is 0. The number of benzene rings is 3. The first kappa shape index (κ1) is 20.8. The van der Waals surface area contributed by atoms with Gasteiger partial charge in [0, 0.05) is 25.6 Å². The van der Waals surface area contributed by atoms with Gasteiger partial charge < -0.3 is 10.2 Å². The Morgan fingerprint density at radius 2 is 1.50 bits per heavy atom. The molecule has 0 saturated heterocycles. The van der Waals surface area contributed by atoms with Crippen molar-refractivity contribution in [3.63, 3.8) is 0 Å². The summed E-state index contributed by atoms with van der Waals surface area (Å²) in [5.74, 6) is -0.454. The number of hydrogen-bond donors (Lipinski definition) is 1. The number of rotatable bonds is 7. The molecule has 5 nitrogen and oxygen atoms in total. The number of nitrogens with one attached hydrogen (secondary N) is 1. The van der Waals surface area contributed by atoms with Crippen molar-refractivity contribution in [3.05, 3.63) is 107 Å². The molecular formula is C25H23N3O2. The first-order chi connectivity index (χ1) is 14.6. The van der Waals surface area contributed by atoms with Gasteiger partial charge in [0.15, 0.2) is 0 Å². The second-order valence-electron chi connectivity index (χ2n) is 7.08. The summed E-state index contributed by atoms with van der Waals surface area (Å²) >= 11 is 0. The fourth-order valence-electron chi connectivity index (χ4n) is 3.18. The number of nitriles is 1. The lowest BCUT2D eigenvalue weighted by Gasteiger charge is -2.25. The minimum atomic E-state index is -0.691. The molecule has 0 spiro atoms. The predicted molar refractivity (Wildman–Crippen MR) is 115 cm³/mol. The maximum atomic E-state index is 13.2. The zero-order chi connectivity index (χ0) is 21.3. The van der Waals surface area contributed by atoms with Gasteiger partial charge in [-0.15, -0.1) is 0 Å². The zero-order valence-corrected chi connectivity index (χ0v) is 16.8. The zero-order valence-electron chi connectivity index (χ0n) is 16.8. The van der Waals surface area contributed by atoms with Crippen LogP contribution in [0.3, 0.4) is 0 Å². The Kier molecular flexibility index (Phi) is 6.96. The van der Waals surface area contributed by atoms with Gasteiger partial charge in [0.2, 0.25) is 5.91 Å². The second kappa shape index (κ2) is 10.0. The summed E-state index contributed by atoms with van der Waals surface area (Å²) in [6.07, 6.45) is 0.399. The molecule has 0 aliphatic carbocycles. The summed E-state index contributed by atoms with van der Waals surface area (Å²) in [5.41, 5.74) is 2.97.